The second-order valence-corrected chi connectivity index (χ2v) is 6.25. The van der Waals surface area contributed by atoms with Crippen molar-refractivity contribution >= 4 is 17.6 Å². The van der Waals surface area contributed by atoms with Crippen LogP contribution in [0.25, 0.3) is 0 Å². The summed E-state index contributed by atoms with van der Waals surface area (Å²) in [5.41, 5.74) is 0.917. The summed E-state index contributed by atoms with van der Waals surface area (Å²) in [5.74, 6) is -2.93. The summed E-state index contributed by atoms with van der Waals surface area (Å²) in [4.78, 5) is 25.0. The number of hydrogen-bond donors (Lipinski definition) is 2. The minimum atomic E-state index is -0.989. The van der Waals surface area contributed by atoms with Gasteiger partial charge in [-0.2, -0.15) is 0 Å². The highest BCUT2D eigenvalue weighted by atomic mass is 19.1. The average molecular weight is 360 g/mol. The van der Waals surface area contributed by atoms with Crippen LogP contribution in [0.4, 0.5) is 14.5 Å². The fraction of sp³-hybridized carbons (Fsp3) is 0.263. The van der Waals surface area contributed by atoms with Crippen molar-refractivity contribution in [2.75, 3.05) is 18.4 Å². The number of benzene rings is 2. The third-order valence-electron chi connectivity index (χ3n) is 4.37. The first-order chi connectivity index (χ1) is 12.4. The summed E-state index contributed by atoms with van der Waals surface area (Å²) in [7, 11) is 0. The molecule has 0 atom stereocenters. The van der Waals surface area contributed by atoms with Gasteiger partial charge in [0.05, 0.1) is 5.56 Å². The highest BCUT2D eigenvalue weighted by Gasteiger charge is 2.24. The molecular weight excluding hydrogens is 342 g/mol. The Bertz CT molecular complexity index is 813. The monoisotopic (exact) mass is 360 g/mol. The number of carbonyl (C=O) groups is 2. The summed E-state index contributed by atoms with van der Waals surface area (Å²) < 4.78 is 26.6. The van der Waals surface area contributed by atoms with Gasteiger partial charge in [-0.1, -0.05) is 6.07 Å². The number of carboxylic acid groups (broad SMARTS) is 1. The maximum absolute atomic E-state index is 13.3. The normalized spacial score (nSPS) is 14.9. The molecule has 1 saturated heterocycles. The van der Waals surface area contributed by atoms with Gasteiger partial charge in [-0.05, 0) is 43.2 Å². The van der Waals surface area contributed by atoms with Crippen LogP contribution in [-0.4, -0.2) is 41.0 Å². The average Bonchev–Trinajstić information content (AvgIpc) is 2.61. The highest BCUT2D eigenvalue weighted by Crippen LogP contribution is 2.20. The Morgan fingerprint density at radius 2 is 1.65 bits per heavy atom. The number of halogens is 2. The largest absolute Gasteiger partial charge is 0.478 e. The lowest BCUT2D eigenvalue weighted by atomic mass is 10.0. The Balaban J connectivity index is 1.59. The first-order valence-electron chi connectivity index (χ1n) is 8.27. The molecule has 3 rings (SSSR count). The third kappa shape index (κ3) is 4.17. The zero-order valence-electron chi connectivity index (χ0n) is 13.9. The van der Waals surface area contributed by atoms with Crippen molar-refractivity contribution in [3.63, 3.8) is 0 Å². The Morgan fingerprint density at radius 1 is 1.00 bits per heavy atom. The maximum Gasteiger partial charge on any atom is 0.335 e. The van der Waals surface area contributed by atoms with E-state index < -0.39 is 23.5 Å². The topological polar surface area (TPSA) is 69.6 Å². The molecule has 1 heterocycles. The molecule has 2 N–H and O–H groups in total. The predicted octanol–water partition coefficient (Wildman–Crippen LogP) is 3.38. The molecule has 1 amide bonds. The van der Waals surface area contributed by atoms with Gasteiger partial charge in [-0.25, -0.2) is 13.6 Å². The van der Waals surface area contributed by atoms with Crippen molar-refractivity contribution in [1.82, 2.24) is 4.90 Å². The SMILES string of the molecule is O=C(O)c1cccc(NC2CCN(C(=O)c3cc(F)cc(F)c3)CC2)c1. The molecule has 1 fully saturated rings. The van der Waals surface area contributed by atoms with Crippen LogP contribution in [-0.2, 0) is 0 Å². The number of anilines is 1. The quantitative estimate of drug-likeness (QED) is 0.877. The summed E-state index contributed by atoms with van der Waals surface area (Å²) in [6.07, 6.45) is 1.31. The van der Waals surface area contributed by atoms with Crippen LogP contribution in [0.5, 0.6) is 0 Å². The Morgan fingerprint density at radius 3 is 2.27 bits per heavy atom. The van der Waals surface area contributed by atoms with E-state index >= 15 is 0 Å². The van der Waals surface area contributed by atoms with E-state index in [1.165, 1.54) is 6.07 Å². The van der Waals surface area contributed by atoms with E-state index in [1.807, 2.05) is 0 Å². The van der Waals surface area contributed by atoms with Crippen LogP contribution in [0.2, 0.25) is 0 Å². The van der Waals surface area contributed by atoms with Crippen LogP contribution in [0, 0.1) is 11.6 Å². The number of likely N-dealkylation sites (tertiary alicyclic amines) is 1. The predicted molar refractivity (Wildman–Crippen MR) is 92.3 cm³/mol. The van der Waals surface area contributed by atoms with Crippen molar-refractivity contribution in [2.45, 2.75) is 18.9 Å². The zero-order chi connectivity index (χ0) is 18.7. The summed E-state index contributed by atoms with van der Waals surface area (Å²) in [5, 5.41) is 12.3. The smallest absolute Gasteiger partial charge is 0.335 e. The summed E-state index contributed by atoms with van der Waals surface area (Å²) in [6.45, 7) is 0.903. The number of nitrogens with one attached hydrogen (secondary N) is 1. The second kappa shape index (κ2) is 7.51. The van der Waals surface area contributed by atoms with E-state index in [-0.39, 0.29) is 17.2 Å². The minimum absolute atomic E-state index is 0.00284. The minimum Gasteiger partial charge on any atom is -0.478 e. The lowest BCUT2D eigenvalue weighted by Crippen LogP contribution is -2.42. The van der Waals surface area contributed by atoms with Gasteiger partial charge < -0.3 is 15.3 Å². The number of amides is 1. The molecule has 1 aliphatic heterocycles. The van der Waals surface area contributed by atoms with Gasteiger partial charge in [0.1, 0.15) is 11.6 Å². The highest BCUT2D eigenvalue weighted by molar-refractivity contribution is 5.94. The first kappa shape index (κ1) is 17.8. The number of rotatable bonds is 4. The second-order valence-electron chi connectivity index (χ2n) is 6.25. The van der Waals surface area contributed by atoms with Crippen LogP contribution in [0.1, 0.15) is 33.6 Å². The van der Waals surface area contributed by atoms with E-state index in [4.69, 9.17) is 5.11 Å². The number of aromatic carboxylic acids is 1. The molecule has 0 saturated carbocycles. The van der Waals surface area contributed by atoms with Gasteiger partial charge in [0, 0.05) is 36.4 Å². The molecule has 0 unspecified atom stereocenters. The lowest BCUT2D eigenvalue weighted by molar-refractivity contribution is 0.0693. The van der Waals surface area contributed by atoms with Crippen LogP contribution in [0.3, 0.4) is 0 Å². The van der Waals surface area contributed by atoms with Crippen molar-refractivity contribution in [3.8, 4) is 0 Å². The first-order valence-corrected chi connectivity index (χ1v) is 8.27. The van der Waals surface area contributed by atoms with Gasteiger partial charge >= 0.3 is 5.97 Å². The lowest BCUT2D eigenvalue weighted by Gasteiger charge is -2.33. The van der Waals surface area contributed by atoms with Gasteiger partial charge in [0.2, 0.25) is 0 Å². The van der Waals surface area contributed by atoms with Crippen LogP contribution >= 0.6 is 0 Å². The van der Waals surface area contributed by atoms with E-state index in [2.05, 4.69) is 5.32 Å². The van der Waals surface area contributed by atoms with E-state index in [0.717, 1.165) is 18.2 Å². The number of hydrogen-bond acceptors (Lipinski definition) is 3. The van der Waals surface area contributed by atoms with Gasteiger partial charge in [-0.15, -0.1) is 0 Å². The molecular formula is C19H18F2N2O3. The van der Waals surface area contributed by atoms with Crippen molar-refractivity contribution in [3.05, 3.63) is 65.2 Å². The standard InChI is InChI=1S/C19H18F2N2O3/c20-14-8-13(9-15(21)11-14)18(24)23-6-4-16(5-7-23)22-17-3-1-2-12(10-17)19(25)26/h1-3,8-11,16,22H,4-7H2,(H,25,26). The molecule has 2 aromatic carbocycles. The maximum atomic E-state index is 13.3. The molecule has 0 radical (unpaired) electrons. The van der Waals surface area contributed by atoms with Crippen LogP contribution in [0.15, 0.2) is 42.5 Å². The molecule has 7 heteroatoms. The van der Waals surface area contributed by atoms with E-state index in [9.17, 15) is 18.4 Å². The molecule has 0 aliphatic carbocycles. The fourth-order valence-corrected chi connectivity index (χ4v) is 3.06. The molecule has 0 aromatic heterocycles. The van der Waals surface area contributed by atoms with Crippen LogP contribution < -0.4 is 5.32 Å². The van der Waals surface area contributed by atoms with E-state index in [0.29, 0.717) is 31.6 Å². The molecule has 1 aliphatic rings. The van der Waals surface area contributed by atoms with E-state index in [1.54, 1.807) is 23.1 Å². The van der Waals surface area contributed by atoms with Crippen molar-refractivity contribution in [2.24, 2.45) is 0 Å². The number of piperidine rings is 1. The molecule has 26 heavy (non-hydrogen) atoms. The zero-order valence-corrected chi connectivity index (χ0v) is 13.9. The third-order valence-corrected chi connectivity index (χ3v) is 4.37. The number of carbonyl (C=O) groups excluding carboxylic acids is 1. The summed E-state index contributed by atoms with van der Waals surface area (Å²) in [6, 6.07) is 9.44. The molecule has 5 nitrogen and oxygen atoms in total. The molecule has 0 spiro atoms. The molecule has 0 bridgehead atoms. The van der Waals surface area contributed by atoms with Crippen molar-refractivity contribution in [1.29, 1.82) is 0 Å². The van der Waals surface area contributed by atoms with Gasteiger partial charge in [0.15, 0.2) is 0 Å². The summed E-state index contributed by atoms with van der Waals surface area (Å²) >= 11 is 0. The number of carboxylic acids is 1. The van der Waals surface area contributed by atoms with Crippen molar-refractivity contribution < 1.29 is 23.5 Å². The Kier molecular flexibility index (Phi) is 5.16. The fourth-order valence-electron chi connectivity index (χ4n) is 3.06. The van der Waals surface area contributed by atoms with Gasteiger partial charge in [-0.3, -0.25) is 4.79 Å². The van der Waals surface area contributed by atoms with Gasteiger partial charge in [0.25, 0.3) is 5.91 Å². The molecule has 2 aromatic rings. The Hall–Kier alpha value is -2.96. The Labute approximate surface area is 149 Å². The number of nitrogens with zero attached hydrogens (tertiary/aromatic N) is 1. The molecule has 136 valence electrons.